The van der Waals surface area contributed by atoms with Gasteiger partial charge in [0.2, 0.25) is 0 Å². The molecule has 1 amide bonds. The Bertz CT molecular complexity index is 1260. The SMILES string of the molecule is CCCCCOc1ccc(/C(O)=C2\C(=O)C(=O)N(c3ccc(F)c(Cl)c3)C2c2ccncc2)cc1. The van der Waals surface area contributed by atoms with E-state index in [-0.39, 0.29) is 22.0 Å². The van der Waals surface area contributed by atoms with Crippen molar-refractivity contribution in [1.82, 2.24) is 4.98 Å². The zero-order valence-electron chi connectivity index (χ0n) is 19.1. The lowest BCUT2D eigenvalue weighted by Crippen LogP contribution is -2.29. The number of pyridine rings is 1. The summed E-state index contributed by atoms with van der Waals surface area (Å²) in [4.78, 5) is 31.5. The molecule has 35 heavy (non-hydrogen) atoms. The second-order valence-corrected chi connectivity index (χ2v) is 8.54. The van der Waals surface area contributed by atoms with Crippen LogP contribution in [0.5, 0.6) is 5.75 Å². The second-order valence-electron chi connectivity index (χ2n) is 8.13. The lowest BCUT2D eigenvalue weighted by Gasteiger charge is -2.25. The highest BCUT2D eigenvalue weighted by molar-refractivity contribution is 6.51. The topological polar surface area (TPSA) is 79.7 Å². The Morgan fingerprint density at radius 2 is 1.80 bits per heavy atom. The summed E-state index contributed by atoms with van der Waals surface area (Å²) in [6.07, 6.45) is 6.17. The van der Waals surface area contributed by atoms with Gasteiger partial charge in [-0.15, -0.1) is 0 Å². The standard InChI is InChI=1S/C27H24ClFN2O4/c1-2-3-4-15-35-20-8-5-18(6-9-20)25(32)23-24(17-11-13-30-14-12-17)31(27(34)26(23)33)19-7-10-22(29)21(28)16-19/h5-14,16,24,32H,2-4,15H2,1H3/b25-23+. The molecule has 8 heteroatoms. The quantitative estimate of drug-likeness (QED) is 0.178. The number of halogens is 2. The number of carbonyl (C=O) groups is 2. The van der Waals surface area contributed by atoms with Gasteiger partial charge in [-0.3, -0.25) is 19.5 Å². The number of aliphatic hydroxyl groups is 1. The van der Waals surface area contributed by atoms with Crippen LogP contribution in [0.2, 0.25) is 5.02 Å². The first-order valence-electron chi connectivity index (χ1n) is 11.3. The highest BCUT2D eigenvalue weighted by Crippen LogP contribution is 2.42. The van der Waals surface area contributed by atoms with Gasteiger partial charge in [0.1, 0.15) is 17.3 Å². The molecule has 180 valence electrons. The number of nitrogens with zero attached hydrogens (tertiary/aromatic N) is 2. The van der Waals surface area contributed by atoms with E-state index < -0.39 is 23.5 Å². The Balaban J connectivity index is 1.75. The molecule has 1 unspecified atom stereocenters. The number of aromatic nitrogens is 1. The molecule has 1 fully saturated rings. The minimum absolute atomic E-state index is 0.0849. The van der Waals surface area contributed by atoms with Gasteiger partial charge in [0.05, 0.1) is 23.2 Å². The van der Waals surface area contributed by atoms with Crippen LogP contribution in [0.3, 0.4) is 0 Å². The molecule has 6 nitrogen and oxygen atoms in total. The van der Waals surface area contributed by atoms with E-state index in [1.54, 1.807) is 36.4 Å². The van der Waals surface area contributed by atoms with Crippen LogP contribution in [-0.2, 0) is 9.59 Å². The number of ether oxygens (including phenoxy) is 1. The van der Waals surface area contributed by atoms with Crippen LogP contribution in [0.25, 0.3) is 5.76 Å². The molecule has 0 radical (unpaired) electrons. The minimum Gasteiger partial charge on any atom is -0.507 e. The Hall–Kier alpha value is -3.71. The van der Waals surface area contributed by atoms with Gasteiger partial charge in [-0.1, -0.05) is 31.4 Å². The van der Waals surface area contributed by atoms with Crippen LogP contribution >= 0.6 is 11.6 Å². The summed E-state index contributed by atoms with van der Waals surface area (Å²) in [7, 11) is 0. The van der Waals surface area contributed by atoms with Crippen LogP contribution in [0.4, 0.5) is 10.1 Å². The number of hydrogen-bond acceptors (Lipinski definition) is 5. The van der Waals surface area contributed by atoms with E-state index in [1.807, 2.05) is 0 Å². The van der Waals surface area contributed by atoms with Crippen LogP contribution in [-0.4, -0.2) is 28.4 Å². The van der Waals surface area contributed by atoms with Crippen molar-refractivity contribution < 1.29 is 23.8 Å². The van der Waals surface area contributed by atoms with Gasteiger partial charge in [0.15, 0.2) is 0 Å². The largest absolute Gasteiger partial charge is 0.507 e. The average Bonchev–Trinajstić information content (AvgIpc) is 3.14. The third kappa shape index (κ3) is 5.05. The maximum Gasteiger partial charge on any atom is 0.300 e. The first-order chi connectivity index (χ1) is 16.9. The number of amides is 1. The van der Waals surface area contributed by atoms with E-state index in [4.69, 9.17) is 16.3 Å². The molecule has 1 saturated heterocycles. The van der Waals surface area contributed by atoms with E-state index in [9.17, 15) is 19.1 Å². The minimum atomic E-state index is -0.954. The summed E-state index contributed by atoms with van der Waals surface area (Å²) in [6, 6.07) is 12.8. The number of unbranched alkanes of at least 4 members (excludes halogenated alkanes) is 2. The zero-order valence-corrected chi connectivity index (χ0v) is 19.8. The highest BCUT2D eigenvalue weighted by Gasteiger charge is 2.47. The molecular formula is C27H24ClFN2O4. The number of Topliss-reactive ketones (excluding diaryl/α,β-unsaturated/α-hetero) is 1. The number of aliphatic hydroxyl groups excluding tert-OH is 1. The van der Waals surface area contributed by atoms with E-state index in [0.29, 0.717) is 23.5 Å². The van der Waals surface area contributed by atoms with Gasteiger partial charge in [0.25, 0.3) is 11.7 Å². The molecule has 0 aliphatic carbocycles. The first-order valence-corrected chi connectivity index (χ1v) is 11.7. The molecule has 1 N–H and O–H groups in total. The van der Waals surface area contributed by atoms with E-state index in [0.717, 1.165) is 25.3 Å². The maximum absolute atomic E-state index is 13.8. The summed E-state index contributed by atoms with van der Waals surface area (Å²) in [5.41, 5.74) is 1.06. The zero-order chi connectivity index (χ0) is 24.9. The predicted molar refractivity (Wildman–Crippen MR) is 132 cm³/mol. The second kappa shape index (κ2) is 10.7. The van der Waals surface area contributed by atoms with Gasteiger partial charge >= 0.3 is 0 Å². The fourth-order valence-corrected chi connectivity index (χ4v) is 4.18. The first kappa shape index (κ1) is 24.4. The monoisotopic (exact) mass is 494 g/mol. The maximum atomic E-state index is 13.8. The number of carbonyl (C=O) groups excluding carboxylic acids is 2. The molecule has 2 heterocycles. The Labute approximate surface area is 207 Å². The van der Waals surface area contributed by atoms with Gasteiger partial charge in [-0.2, -0.15) is 0 Å². The molecule has 1 aliphatic heterocycles. The summed E-state index contributed by atoms with van der Waals surface area (Å²) < 4.78 is 19.5. The molecule has 1 aromatic heterocycles. The highest BCUT2D eigenvalue weighted by atomic mass is 35.5. The summed E-state index contributed by atoms with van der Waals surface area (Å²) in [5, 5.41) is 11.0. The lowest BCUT2D eigenvalue weighted by molar-refractivity contribution is -0.132. The Morgan fingerprint density at radius 1 is 1.09 bits per heavy atom. The smallest absolute Gasteiger partial charge is 0.300 e. The fraction of sp³-hybridized carbons (Fsp3) is 0.222. The molecule has 4 rings (SSSR count). The van der Waals surface area contributed by atoms with Gasteiger partial charge in [-0.05, 0) is 66.6 Å². The van der Waals surface area contributed by atoms with Crippen molar-refractivity contribution in [1.29, 1.82) is 0 Å². The fourth-order valence-electron chi connectivity index (χ4n) is 4.00. The Kier molecular flexibility index (Phi) is 7.46. The molecule has 1 atom stereocenters. The van der Waals surface area contributed by atoms with Crippen molar-refractivity contribution in [2.45, 2.75) is 32.2 Å². The van der Waals surface area contributed by atoms with E-state index >= 15 is 0 Å². The molecular weight excluding hydrogens is 471 g/mol. The van der Waals surface area contributed by atoms with Crippen molar-refractivity contribution in [3.8, 4) is 5.75 Å². The van der Waals surface area contributed by atoms with E-state index in [1.165, 1.54) is 29.4 Å². The Morgan fingerprint density at radius 3 is 2.46 bits per heavy atom. The average molecular weight is 495 g/mol. The molecule has 0 bridgehead atoms. The predicted octanol–water partition coefficient (Wildman–Crippen LogP) is 6.07. The summed E-state index contributed by atoms with van der Waals surface area (Å²) >= 11 is 5.95. The normalized spacial score (nSPS) is 17.1. The van der Waals surface area contributed by atoms with Crippen molar-refractivity contribution in [3.05, 3.63) is 94.5 Å². The van der Waals surface area contributed by atoms with Crippen molar-refractivity contribution in [2.24, 2.45) is 0 Å². The van der Waals surface area contributed by atoms with Crippen LogP contribution in [0.15, 0.2) is 72.6 Å². The molecule has 0 spiro atoms. The van der Waals surface area contributed by atoms with Crippen LogP contribution in [0.1, 0.15) is 43.4 Å². The van der Waals surface area contributed by atoms with Crippen molar-refractivity contribution in [2.75, 3.05) is 11.5 Å². The van der Waals surface area contributed by atoms with E-state index in [2.05, 4.69) is 11.9 Å². The number of benzene rings is 2. The number of hydrogen-bond donors (Lipinski definition) is 1. The number of rotatable bonds is 8. The van der Waals surface area contributed by atoms with Gasteiger partial charge < -0.3 is 9.84 Å². The number of anilines is 1. The molecule has 3 aromatic rings. The molecule has 1 aliphatic rings. The van der Waals surface area contributed by atoms with Crippen LogP contribution < -0.4 is 9.64 Å². The van der Waals surface area contributed by atoms with Crippen molar-refractivity contribution in [3.63, 3.8) is 0 Å². The van der Waals surface area contributed by atoms with Crippen molar-refractivity contribution >= 4 is 34.7 Å². The third-order valence-electron chi connectivity index (χ3n) is 5.79. The van der Waals surface area contributed by atoms with Gasteiger partial charge in [0, 0.05) is 23.6 Å². The number of ketones is 1. The third-order valence-corrected chi connectivity index (χ3v) is 6.08. The molecule has 0 saturated carbocycles. The summed E-state index contributed by atoms with van der Waals surface area (Å²) in [5.74, 6) is -2.04. The molecule has 2 aromatic carbocycles. The lowest BCUT2D eigenvalue weighted by atomic mass is 9.95. The summed E-state index contributed by atoms with van der Waals surface area (Å²) in [6.45, 7) is 2.71. The van der Waals surface area contributed by atoms with Gasteiger partial charge in [-0.25, -0.2) is 4.39 Å². The van der Waals surface area contributed by atoms with Crippen LogP contribution in [0, 0.1) is 5.82 Å².